The van der Waals surface area contributed by atoms with E-state index in [-0.39, 0.29) is 23.5 Å². The van der Waals surface area contributed by atoms with Crippen molar-refractivity contribution in [2.24, 2.45) is 5.92 Å². The van der Waals surface area contributed by atoms with Crippen LogP contribution in [0.25, 0.3) is 0 Å². The second kappa shape index (κ2) is 4.05. The summed E-state index contributed by atoms with van der Waals surface area (Å²) < 4.78 is 5.48. The van der Waals surface area contributed by atoms with Crippen LogP contribution in [0.3, 0.4) is 0 Å². The molecule has 2 aliphatic rings. The lowest BCUT2D eigenvalue weighted by Crippen LogP contribution is -2.59. The third-order valence-corrected chi connectivity index (χ3v) is 3.64. The minimum Gasteiger partial charge on any atom is -0.376 e. The van der Waals surface area contributed by atoms with E-state index in [4.69, 9.17) is 4.74 Å². The fraction of sp³-hybridized carbons (Fsp3) is 0.818. The standard InChI is InChI=1S/C11H18N2O3/c1-8-6-13(10(15)12-9(8)14)7-11(16-2)4-3-5-11/h8H,3-7H2,1-2H3,(H,12,14,15). The van der Waals surface area contributed by atoms with Crippen LogP contribution >= 0.6 is 0 Å². The Bertz CT molecular complexity index is 307. The van der Waals surface area contributed by atoms with Crippen LogP contribution in [-0.2, 0) is 9.53 Å². The number of nitrogens with one attached hydrogen (secondary N) is 1. The van der Waals surface area contributed by atoms with Crippen LogP contribution in [0.4, 0.5) is 4.79 Å². The molecule has 0 aromatic carbocycles. The lowest BCUT2D eigenvalue weighted by molar-refractivity contribution is -0.127. The van der Waals surface area contributed by atoms with Crippen LogP contribution in [0.15, 0.2) is 0 Å². The molecule has 1 unspecified atom stereocenters. The maximum absolute atomic E-state index is 11.6. The summed E-state index contributed by atoms with van der Waals surface area (Å²) >= 11 is 0. The van der Waals surface area contributed by atoms with Gasteiger partial charge in [0.25, 0.3) is 0 Å². The molecular formula is C11H18N2O3. The van der Waals surface area contributed by atoms with Crippen LogP contribution in [-0.4, -0.2) is 42.6 Å². The molecule has 1 saturated carbocycles. The maximum Gasteiger partial charge on any atom is 0.324 e. The Balaban J connectivity index is 1.99. The number of imide groups is 1. The van der Waals surface area contributed by atoms with E-state index >= 15 is 0 Å². The van der Waals surface area contributed by atoms with Crippen molar-refractivity contribution in [2.75, 3.05) is 20.2 Å². The average molecular weight is 226 g/mol. The van der Waals surface area contributed by atoms with Gasteiger partial charge in [-0.2, -0.15) is 0 Å². The Hall–Kier alpha value is -1.10. The summed E-state index contributed by atoms with van der Waals surface area (Å²) in [6.07, 6.45) is 3.14. The van der Waals surface area contributed by atoms with Gasteiger partial charge in [0.05, 0.1) is 18.1 Å². The zero-order valence-electron chi connectivity index (χ0n) is 9.78. The van der Waals surface area contributed by atoms with E-state index in [0.29, 0.717) is 13.1 Å². The fourth-order valence-electron chi connectivity index (χ4n) is 2.29. The Morgan fingerprint density at radius 1 is 1.50 bits per heavy atom. The minimum absolute atomic E-state index is 0.133. The lowest BCUT2D eigenvalue weighted by atomic mass is 9.79. The van der Waals surface area contributed by atoms with Crippen LogP contribution < -0.4 is 5.32 Å². The van der Waals surface area contributed by atoms with E-state index in [2.05, 4.69) is 5.32 Å². The largest absolute Gasteiger partial charge is 0.376 e. The van der Waals surface area contributed by atoms with E-state index in [0.717, 1.165) is 19.3 Å². The number of hydrogen-bond acceptors (Lipinski definition) is 3. The van der Waals surface area contributed by atoms with Crippen LogP contribution in [0.5, 0.6) is 0 Å². The lowest BCUT2D eigenvalue weighted by Gasteiger charge is -2.45. The molecule has 0 aromatic rings. The molecule has 16 heavy (non-hydrogen) atoms. The van der Waals surface area contributed by atoms with E-state index in [1.54, 1.807) is 12.0 Å². The van der Waals surface area contributed by atoms with E-state index in [1.165, 1.54) is 0 Å². The highest BCUT2D eigenvalue weighted by Gasteiger charge is 2.41. The van der Waals surface area contributed by atoms with Crippen molar-refractivity contribution in [3.8, 4) is 0 Å². The number of methoxy groups -OCH3 is 1. The molecule has 0 radical (unpaired) electrons. The zero-order valence-corrected chi connectivity index (χ0v) is 9.78. The SMILES string of the molecule is COC1(CN2CC(C)C(=O)NC2=O)CCC1. The van der Waals surface area contributed by atoms with Gasteiger partial charge in [0.2, 0.25) is 5.91 Å². The molecule has 1 saturated heterocycles. The molecule has 0 bridgehead atoms. The minimum atomic E-state index is -0.286. The molecule has 5 heteroatoms. The van der Waals surface area contributed by atoms with Gasteiger partial charge < -0.3 is 9.64 Å². The number of nitrogens with zero attached hydrogens (tertiary/aromatic N) is 1. The third-order valence-electron chi connectivity index (χ3n) is 3.64. The maximum atomic E-state index is 11.6. The molecule has 1 aliphatic carbocycles. The number of ether oxygens (including phenoxy) is 1. The van der Waals surface area contributed by atoms with Crippen molar-refractivity contribution >= 4 is 11.9 Å². The fourth-order valence-corrected chi connectivity index (χ4v) is 2.29. The topological polar surface area (TPSA) is 58.6 Å². The zero-order chi connectivity index (χ0) is 11.8. The summed E-state index contributed by atoms with van der Waals surface area (Å²) in [6, 6.07) is -0.286. The predicted molar refractivity (Wildman–Crippen MR) is 57.9 cm³/mol. The van der Waals surface area contributed by atoms with Crippen LogP contribution in [0.1, 0.15) is 26.2 Å². The summed E-state index contributed by atoms with van der Waals surface area (Å²) in [6.45, 7) is 2.91. The third kappa shape index (κ3) is 1.91. The highest BCUT2D eigenvalue weighted by atomic mass is 16.5. The Kier molecular flexibility index (Phi) is 2.88. The van der Waals surface area contributed by atoms with Crippen molar-refractivity contribution in [1.29, 1.82) is 0 Å². The molecule has 1 aliphatic heterocycles. The average Bonchev–Trinajstić information content (AvgIpc) is 2.19. The number of urea groups is 1. The summed E-state index contributed by atoms with van der Waals surface area (Å²) in [4.78, 5) is 24.6. The number of rotatable bonds is 3. The van der Waals surface area contributed by atoms with Gasteiger partial charge in [-0.05, 0) is 19.3 Å². The van der Waals surface area contributed by atoms with Gasteiger partial charge in [-0.15, -0.1) is 0 Å². The molecular weight excluding hydrogens is 208 g/mol. The smallest absolute Gasteiger partial charge is 0.324 e. The molecule has 1 N–H and O–H groups in total. The van der Waals surface area contributed by atoms with Gasteiger partial charge >= 0.3 is 6.03 Å². The van der Waals surface area contributed by atoms with Gasteiger partial charge in [-0.3, -0.25) is 10.1 Å². The van der Waals surface area contributed by atoms with Gasteiger partial charge in [0.1, 0.15) is 0 Å². The molecule has 0 spiro atoms. The molecule has 5 nitrogen and oxygen atoms in total. The van der Waals surface area contributed by atoms with Crippen molar-refractivity contribution in [3.63, 3.8) is 0 Å². The Labute approximate surface area is 95.1 Å². The van der Waals surface area contributed by atoms with Crippen LogP contribution in [0, 0.1) is 5.92 Å². The molecule has 0 aromatic heterocycles. The first-order valence-corrected chi connectivity index (χ1v) is 5.71. The van der Waals surface area contributed by atoms with Crippen LogP contribution in [0.2, 0.25) is 0 Å². The summed E-state index contributed by atoms with van der Waals surface area (Å²) in [5.41, 5.74) is -0.169. The highest BCUT2D eigenvalue weighted by Crippen LogP contribution is 2.36. The first kappa shape index (κ1) is 11.4. The molecule has 2 rings (SSSR count). The molecule has 3 amide bonds. The van der Waals surface area contributed by atoms with Crippen molar-refractivity contribution in [3.05, 3.63) is 0 Å². The second-order valence-electron chi connectivity index (χ2n) is 4.82. The molecule has 90 valence electrons. The molecule has 1 atom stereocenters. The van der Waals surface area contributed by atoms with E-state index in [9.17, 15) is 9.59 Å². The van der Waals surface area contributed by atoms with E-state index in [1.807, 2.05) is 6.92 Å². The summed E-state index contributed by atoms with van der Waals surface area (Å²) in [5, 5.41) is 2.37. The quantitative estimate of drug-likeness (QED) is 0.772. The molecule has 1 heterocycles. The van der Waals surface area contributed by atoms with Crippen molar-refractivity contribution < 1.29 is 14.3 Å². The highest BCUT2D eigenvalue weighted by molar-refractivity contribution is 5.97. The number of amides is 3. The van der Waals surface area contributed by atoms with Gasteiger partial charge in [-0.1, -0.05) is 6.92 Å². The first-order chi connectivity index (χ1) is 7.56. The summed E-state index contributed by atoms with van der Waals surface area (Å²) in [7, 11) is 1.69. The first-order valence-electron chi connectivity index (χ1n) is 5.71. The normalized spacial score (nSPS) is 28.6. The Morgan fingerprint density at radius 3 is 2.69 bits per heavy atom. The number of hydrogen-bond donors (Lipinski definition) is 1. The van der Waals surface area contributed by atoms with Gasteiger partial charge in [-0.25, -0.2) is 4.79 Å². The summed E-state index contributed by atoms with van der Waals surface area (Å²) in [5.74, 6) is -0.312. The number of carbonyl (C=O) groups is 2. The second-order valence-corrected chi connectivity index (χ2v) is 4.82. The van der Waals surface area contributed by atoms with Crippen molar-refractivity contribution in [1.82, 2.24) is 10.2 Å². The van der Waals surface area contributed by atoms with Gasteiger partial charge in [0.15, 0.2) is 0 Å². The van der Waals surface area contributed by atoms with Crippen molar-refractivity contribution in [2.45, 2.75) is 31.8 Å². The number of carbonyl (C=O) groups excluding carboxylic acids is 2. The monoisotopic (exact) mass is 226 g/mol. The van der Waals surface area contributed by atoms with E-state index < -0.39 is 0 Å². The predicted octanol–water partition coefficient (Wildman–Crippen LogP) is 0.743. The van der Waals surface area contributed by atoms with Gasteiger partial charge in [0, 0.05) is 13.7 Å². The molecule has 2 fully saturated rings. The Morgan fingerprint density at radius 2 is 2.19 bits per heavy atom.